The molecule has 1 aromatic heterocycles. The Bertz CT molecular complexity index is 1590. The van der Waals surface area contributed by atoms with Crippen molar-refractivity contribution in [2.24, 2.45) is 0 Å². The number of pyridine rings is 1. The van der Waals surface area contributed by atoms with Crippen molar-refractivity contribution in [3.63, 3.8) is 0 Å². The Labute approximate surface area is 224 Å². The van der Waals surface area contributed by atoms with E-state index in [4.69, 9.17) is 9.47 Å². The fourth-order valence-electron chi connectivity index (χ4n) is 5.03. The van der Waals surface area contributed by atoms with E-state index in [2.05, 4.69) is 0 Å². The zero-order valence-corrected chi connectivity index (χ0v) is 21.1. The predicted molar refractivity (Wildman–Crippen MR) is 145 cm³/mol. The first kappa shape index (κ1) is 24.5. The summed E-state index contributed by atoms with van der Waals surface area (Å²) in [6, 6.07) is 24.8. The van der Waals surface area contributed by atoms with E-state index in [1.165, 1.54) is 12.1 Å². The lowest BCUT2D eigenvalue weighted by Crippen LogP contribution is -2.55. The number of ether oxygens (including phenoxy) is 2. The van der Waals surface area contributed by atoms with Gasteiger partial charge in [0.2, 0.25) is 5.43 Å². The Hall–Kier alpha value is -4.85. The maximum Gasteiger partial charge on any atom is 0.278 e. The molecule has 6 rings (SSSR count). The van der Waals surface area contributed by atoms with E-state index in [-0.39, 0.29) is 49.5 Å². The third kappa shape index (κ3) is 4.65. The van der Waals surface area contributed by atoms with E-state index >= 15 is 4.39 Å². The fraction of sp³-hybridized carbons (Fsp3) is 0.161. The number of halogens is 1. The van der Waals surface area contributed by atoms with Gasteiger partial charge < -0.3 is 14.4 Å². The number of carbonyl (C=O) groups is 1. The number of fused-ring (bicyclic) bond motifs is 5. The molecule has 8 heteroatoms. The van der Waals surface area contributed by atoms with Crippen LogP contribution in [0.25, 0.3) is 0 Å². The first-order valence-corrected chi connectivity index (χ1v) is 12.7. The van der Waals surface area contributed by atoms with E-state index < -0.39 is 17.3 Å². The summed E-state index contributed by atoms with van der Waals surface area (Å²) in [5, 5.41) is 1.93. The van der Waals surface area contributed by atoms with E-state index in [1.807, 2.05) is 71.7 Å². The van der Waals surface area contributed by atoms with Crippen molar-refractivity contribution < 1.29 is 18.7 Å². The van der Waals surface area contributed by atoms with Crippen LogP contribution in [0, 0.1) is 5.82 Å². The zero-order valence-electron chi connectivity index (χ0n) is 21.1. The highest BCUT2D eigenvalue weighted by molar-refractivity contribution is 5.96. The van der Waals surface area contributed by atoms with Crippen molar-refractivity contribution in [2.45, 2.75) is 12.6 Å². The molecular formula is C31H26FN3O4. The van der Waals surface area contributed by atoms with Gasteiger partial charge in [-0.25, -0.2) is 4.39 Å². The summed E-state index contributed by atoms with van der Waals surface area (Å²) in [5.74, 6) is -0.687. The van der Waals surface area contributed by atoms with Gasteiger partial charge in [0.05, 0.1) is 0 Å². The highest BCUT2D eigenvalue weighted by atomic mass is 19.1. The number of amides is 1. The Morgan fingerprint density at radius 3 is 2.46 bits per heavy atom. The van der Waals surface area contributed by atoms with Crippen LogP contribution in [0.3, 0.4) is 0 Å². The largest absolute Gasteiger partial charge is 0.486 e. The van der Waals surface area contributed by atoms with Gasteiger partial charge in [-0.1, -0.05) is 78.9 Å². The number of nitrogens with zero attached hydrogens (tertiary/aromatic N) is 3. The highest BCUT2D eigenvalue weighted by Crippen LogP contribution is 2.38. The summed E-state index contributed by atoms with van der Waals surface area (Å²) in [6.07, 6.45) is 5.14. The van der Waals surface area contributed by atoms with E-state index in [0.717, 1.165) is 11.1 Å². The number of hydrogen-bond donors (Lipinski definition) is 0. The van der Waals surface area contributed by atoms with Crippen LogP contribution < -0.4 is 19.9 Å². The summed E-state index contributed by atoms with van der Waals surface area (Å²) >= 11 is 0. The summed E-state index contributed by atoms with van der Waals surface area (Å²) in [4.78, 5) is 28.6. The molecule has 2 aliphatic rings. The summed E-state index contributed by atoms with van der Waals surface area (Å²) in [7, 11) is 0. The molecule has 1 unspecified atom stereocenters. The fourth-order valence-corrected chi connectivity index (χ4v) is 5.03. The number of hydrogen-bond acceptors (Lipinski definition) is 5. The van der Waals surface area contributed by atoms with E-state index in [1.54, 1.807) is 34.0 Å². The standard InChI is InChI=1S/C31H26FN3O4/c32-25-15-9-14-24-27(23-12-5-2-6-13-23)35-21-33(17-7-8-19-38-29(24)25)31(37)28-30(26(36)16-18-34(28)35)39-20-22-10-3-1-4-11-22/h1-16,18,27H,17,19-21H2/b8-7-. The molecule has 0 N–H and O–H groups in total. The monoisotopic (exact) mass is 523 g/mol. The minimum absolute atomic E-state index is 0.0255. The second kappa shape index (κ2) is 10.5. The second-order valence-corrected chi connectivity index (χ2v) is 9.34. The molecule has 1 atom stereocenters. The molecule has 0 spiro atoms. The van der Waals surface area contributed by atoms with Crippen molar-refractivity contribution in [1.29, 1.82) is 0 Å². The number of benzene rings is 3. The first-order chi connectivity index (χ1) is 19.1. The molecule has 0 saturated carbocycles. The van der Waals surface area contributed by atoms with Crippen LogP contribution in [-0.4, -0.2) is 35.3 Å². The van der Waals surface area contributed by atoms with Gasteiger partial charge >= 0.3 is 0 Å². The molecule has 7 nitrogen and oxygen atoms in total. The van der Waals surface area contributed by atoms with E-state index in [0.29, 0.717) is 5.56 Å². The van der Waals surface area contributed by atoms with Gasteiger partial charge in [0.1, 0.15) is 25.9 Å². The van der Waals surface area contributed by atoms with Gasteiger partial charge in [-0.3, -0.25) is 19.3 Å². The Morgan fingerprint density at radius 2 is 1.67 bits per heavy atom. The molecule has 4 aromatic rings. The maximum atomic E-state index is 15.2. The van der Waals surface area contributed by atoms with Crippen LogP contribution in [-0.2, 0) is 6.61 Å². The molecule has 2 bridgehead atoms. The molecule has 0 radical (unpaired) electrons. The van der Waals surface area contributed by atoms with Crippen molar-refractivity contribution >= 4 is 5.91 Å². The Balaban J connectivity index is 1.55. The number of aromatic nitrogens is 1. The number of para-hydroxylation sites is 1. The molecule has 196 valence electrons. The van der Waals surface area contributed by atoms with Gasteiger partial charge in [0.25, 0.3) is 5.91 Å². The van der Waals surface area contributed by atoms with Crippen LogP contribution in [0.1, 0.15) is 33.2 Å². The smallest absolute Gasteiger partial charge is 0.278 e. The summed E-state index contributed by atoms with van der Waals surface area (Å²) < 4.78 is 28.8. The van der Waals surface area contributed by atoms with Crippen molar-refractivity contribution in [1.82, 2.24) is 9.58 Å². The van der Waals surface area contributed by atoms with Gasteiger partial charge in [0, 0.05) is 24.4 Å². The molecule has 0 aliphatic carbocycles. The Kier molecular flexibility index (Phi) is 6.59. The quantitative estimate of drug-likeness (QED) is 0.364. The van der Waals surface area contributed by atoms with Crippen LogP contribution >= 0.6 is 0 Å². The lowest BCUT2D eigenvalue weighted by Gasteiger charge is -2.44. The zero-order chi connectivity index (χ0) is 26.8. The Morgan fingerprint density at radius 1 is 0.897 bits per heavy atom. The minimum Gasteiger partial charge on any atom is -0.486 e. The van der Waals surface area contributed by atoms with Gasteiger partial charge in [-0.2, -0.15) is 0 Å². The van der Waals surface area contributed by atoms with Crippen LogP contribution in [0.5, 0.6) is 11.5 Å². The average Bonchev–Trinajstić information content (AvgIpc) is 2.99. The summed E-state index contributed by atoms with van der Waals surface area (Å²) in [5.41, 5.74) is 2.07. The molecule has 39 heavy (non-hydrogen) atoms. The van der Waals surface area contributed by atoms with Crippen LogP contribution in [0.4, 0.5) is 4.39 Å². The third-order valence-corrected chi connectivity index (χ3v) is 6.86. The van der Waals surface area contributed by atoms with Crippen molar-refractivity contribution in [3.05, 3.63) is 142 Å². The van der Waals surface area contributed by atoms with Gasteiger partial charge in [0.15, 0.2) is 23.0 Å². The normalized spacial score (nSPS) is 17.4. The molecule has 3 aromatic carbocycles. The van der Waals surface area contributed by atoms with Crippen molar-refractivity contribution in [3.8, 4) is 11.5 Å². The molecule has 3 heterocycles. The SMILES string of the molecule is O=C1c2c(OCc3ccccc3)c(=O)ccn2N2CN1C/C=C\COc1c(F)cccc1C2c1ccccc1. The van der Waals surface area contributed by atoms with Gasteiger partial charge in [-0.15, -0.1) is 0 Å². The number of carbonyl (C=O) groups excluding carboxylic acids is 1. The van der Waals surface area contributed by atoms with Gasteiger partial charge in [-0.05, 0) is 23.3 Å². The van der Waals surface area contributed by atoms with Crippen LogP contribution in [0.15, 0.2) is 108 Å². The maximum absolute atomic E-state index is 15.2. The lowest BCUT2D eigenvalue weighted by atomic mass is 9.96. The predicted octanol–water partition coefficient (Wildman–Crippen LogP) is 4.66. The molecular weight excluding hydrogens is 497 g/mol. The van der Waals surface area contributed by atoms with Crippen LogP contribution in [0.2, 0.25) is 0 Å². The van der Waals surface area contributed by atoms with Crippen molar-refractivity contribution in [2.75, 3.05) is 24.8 Å². The molecule has 0 fully saturated rings. The summed E-state index contributed by atoms with van der Waals surface area (Å²) in [6.45, 7) is 0.741. The highest BCUT2D eigenvalue weighted by Gasteiger charge is 2.38. The topological polar surface area (TPSA) is 64.0 Å². The lowest BCUT2D eigenvalue weighted by molar-refractivity contribution is 0.0698. The average molecular weight is 524 g/mol. The number of rotatable bonds is 4. The first-order valence-electron chi connectivity index (χ1n) is 12.7. The minimum atomic E-state index is -0.547. The van der Waals surface area contributed by atoms with E-state index in [9.17, 15) is 9.59 Å². The third-order valence-electron chi connectivity index (χ3n) is 6.86. The molecule has 0 saturated heterocycles. The second-order valence-electron chi connectivity index (χ2n) is 9.34. The molecule has 1 amide bonds. The molecule has 2 aliphatic heterocycles.